The highest BCUT2D eigenvalue weighted by atomic mass is 16.3. The maximum absolute atomic E-state index is 13.3. The van der Waals surface area contributed by atoms with E-state index in [9.17, 15) is 30.0 Å². The van der Waals surface area contributed by atoms with Crippen LogP contribution in [0.2, 0.25) is 0 Å². The van der Waals surface area contributed by atoms with Gasteiger partial charge in [-0.2, -0.15) is 0 Å². The van der Waals surface area contributed by atoms with Crippen molar-refractivity contribution in [3.05, 3.63) is 55.4 Å². The maximum Gasteiger partial charge on any atom is 0.258 e. The molecule has 0 aliphatic heterocycles. The Bertz CT molecular complexity index is 953. The van der Waals surface area contributed by atoms with Crippen LogP contribution in [0.4, 0.5) is 0 Å². The Morgan fingerprint density at radius 2 is 1.21 bits per heavy atom. The van der Waals surface area contributed by atoms with Crippen LogP contribution in [0.5, 0.6) is 11.5 Å². The van der Waals surface area contributed by atoms with Crippen molar-refractivity contribution in [3.8, 4) is 11.5 Å². The van der Waals surface area contributed by atoms with E-state index in [0.717, 1.165) is 12.8 Å². The molecule has 158 valence electrons. The quantitative estimate of drug-likeness (QED) is 0.567. The molecule has 0 unspecified atom stereocenters. The van der Waals surface area contributed by atoms with E-state index in [1.807, 2.05) is 0 Å². The number of hydrogen-bond donors (Lipinski definition) is 4. The molecule has 0 spiro atoms. The molecule has 1 aliphatic rings. The summed E-state index contributed by atoms with van der Waals surface area (Å²) < 4.78 is 2.76. The van der Waals surface area contributed by atoms with Crippen LogP contribution in [-0.4, -0.2) is 42.8 Å². The van der Waals surface area contributed by atoms with Crippen molar-refractivity contribution in [2.24, 2.45) is 0 Å². The molecule has 0 aromatic carbocycles. The molecule has 2 aromatic rings. The van der Waals surface area contributed by atoms with Gasteiger partial charge in [-0.3, -0.25) is 9.59 Å². The van der Waals surface area contributed by atoms with E-state index in [0.29, 0.717) is 24.2 Å². The van der Waals surface area contributed by atoms with E-state index in [-0.39, 0.29) is 48.9 Å². The zero-order valence-electron chi connectivity index (χ0n) is 16.8. The van der Waals surface area contributed by atoms with Crippen molar-refractivity contribution < 1.29 is 20.4 Å². The molecule has 0 amide bonds. The van der Waals surface area contributed by atoms with Crippen LogP contribution in [0.25, 0.3) is 0 Å². The highest BCUT2D eigenvalue weighted by Gasteiger charge is 2.46. The molecule has 29 heavy (non-hydrogen) atoms. The average molecular weight is 404 g/mol. The van der Waals surface area contributed by atoms with Gasteiger partial charge in [0.25, 0.3) is 11.1 Å². The van der Waals surface area contributed by atoms with Gasteiger partial charge in [-0.15, -0.1) is 0 Å². The van der Waals surface area contributed by atoms with Crippen molar-refractivity contribution in [1.29, 1.82) is 0 Å². The summed E-state index contributed by atoms with van der Waals surface area (Å²) in [4.78, 5) is 26.7. The van der Waals surface area contributed by atoms with E-state index >= 15 is 0 Å². The summed E-state index contributed by atoms with van der Waals surface area (Å²) in [7, 11) is 0. The summed E-state index contributed by atoms with van der Waals surface area (Å²) in [6.07, 6.45) is 2.34. The van der Waals surface area contributed by atoms with Gasteiger partial charge in [0.1, 0.15) is 11.5 Å². The third kappa shape index (κ3) is 3.36. The Labute approximate surface area is 168 Å². The Kier molecular flexibility index (Phi) is 5.86. The summed E-state index contributed by atoms with van der Waals surface area (Å²) in [5.74, 6) is -0.423. The normalized spacial score (nSPS) is 15.7. The molecule has 1 aliphatic carbocycles. The lowest BCUT2D eigenvalue weighted by molar-refractivity contribution is 0.270. The summed E-state index contributed by atoms with van der Waals surface area (Å²) in [6, 6.07) is 2.92. The zero-order valence-corrected chi connectivity index (χ0v) is 16.8. The third-order valence-electron chi connectivity index (χ3n) is 6.03. The first-order valence-electron chi connectivity index (χ1n) is 9.88. The molecule has 2 heterocycles. The first-order valence-corrected chi connectivity index (χ1v) is 9.88. The Morgan fingerprint density at radius 1 is 0.828 bits per heavy atom. The number of aliphatic hydroxyl groups is 2. The van der Waals surface area contributed by atoms with E-state index in [1.165, 1.54) is 21.3 Å². The van der Waals surface area contributed by atoms with Crippen LogP contribution >= 0.6 is 0 Å². The monoisotopic (exact) mass is 404 g/mol. The summed E-state index contributed by atoms with van der Waals surface area (Å²) in [5.41, 5.74) is -0.883. The van der Waals surface area contributed by atoms with Gasteiger partial charge >= 0.3 is 0 Å². The van der Waals surface area contributed by atoms with Crippen molar-refractivity contribution in [3.63, 3.8) is 0 Å². The molecule has 4 N–H and O–H groups in total. The molecular formula is C21H28N2O6. The van der Waals surface area contributed by atoms with Gasteiger partial charge in [-0.1, -0.05) is 12.8 Å². The summed E-state index contributed by atoms with van der Waals surface area (Å²) in [5, 5.41) is 40.2. The van der Waals surface area contributed by atoms with Gasteiger partial charge in [0.05, 0.1) is 24.3 Å². The highest BCUT2D eigenvalue weighted by molar-refractivity contribution is 5.51. The molecule has 1 saturated carbocycles. The largest absolute Gasteiger partial charge is 0.507 e. The second kappa shape index (κ2) is 8.04. The molecule has 8 heteroatoms. The fourth-order valence-corrected chi connectivity index (χ4v) is 4.76. The van der Waals surface area contributed by atoms with Gasteiger partial charge < -0.3 is 29.6 Å². The van der Waals surface area contributed by atoms with Crippen LogP contribution in [-0.2, 0) is 18.5 Å². The molecule has 8 nitrogen and oxygen atoms in total. The van der Waals surface area contributed by atoms with Crippen LogP contribution in [0.15, 0.2) is 21.7 Å². The number of hydrogen-bond acceptors (Lipinski definition) is 6. The molecule has 1 fully saturated rings. The van der Waals surface area contributed by atoms with E-state index in [4.69, 9.17) is 0 Å². The number of aryl methyl sites for hydroxylation is 2. The van der Waals surface area contributed by atoms with Crippen LogP contribution in [0, 0.1) is 13.8 Å². The number of aliphatic hydroxyl groups excluding tert-OH is 2. The average Bonchev–Trinajstić information content (AvgIpc) is 3.11. The fourth-order valence-electron chi connectivity index (χ4n) is 4.76. The minimum absolute atomic E-state index is 0.0721. The zero-order chi connectivity index (χ0) is 21.3. The lowest BCUT2D eigenvalue weighted by atomic mass is 9.73. The molecule has 0 bridgehead atoms. The van der Waals surface area contributed by atoms with Crippen LogP contribution in [0.1, 0.15) is 48.2 Å². The third-order valence-corrected chi connectivity index (χ3v) is 6.03. The second-order valence-electron chi connectivity index (χ2n) is 7.74. The van der Waals surface area contributed by atoms with Gasteiger partial charge in [0.15, 0.2) is 0 Å². The SMILES string of the molecule is Cc1cc(O)c(C2(c3c(O)cc(C)n(CCO)c3=O)CCCC2)c(=O)n1CCO. The first kappa shape index (κ1) is 21.1. The maximum atomic E-state index is 13.3. The number of rotatable bonds is 6. The smallest absolute Gasteiger partial charge is 0.258 e. The molecule has 0 saturated heterocycles. The number of aromatic hydroxyl groups is 2. The minimum Gasteiger partial charge on any atom is -0.507 e. The molecule has 2 aromatic heterocycles. The Morgan fingerprint density at radius 3 is 1.55 bits per heavy atom. The number of pyridine rings is 2. The molecule has 3 rings (SSSR count). The Balaban J connectivity index is 2.39. The van der Waals surface area contributed by atoms with Gasteiger partial charge in [-0.25, -0.2) is 0 Å². The second-order valence-corrected chi connectivity index (χ2v) is 7.74. The Hall–Kier alpha value is -2.58. The predicted molar refractivity (Wildman–Crippen MR) is 108 cm³/mol. The lowest BCUT2D eigenvalue weighted by Crippen LogP contribution is -2.41. The molecule has 0 atom stereocenters. The first-order chi connectivity index (χ1) is 13.8. The summed E-state index contributed by atoms with van der Waals surface area (Å²) >= 11 is 0. The van der Waals surface area contributed by atoms with Crippen molar-refractivity contribution >= 4 is 0 Å². The van der Waals surface area contributed by atoms with Gasteiger partial charge in [0.2, 0.25) is 0 Å². The number of aromatic nitrogens is 2. The van der Waals surface area contributed by atoms with Crippen LogP contribution in [0.3, 0.4) is 0 Å². The molecular weight excluding hydrogens is 376 g/mol. The number of nitrogens with zero attached hydrogens (tertiary/aromatic N) is 2. The van der Waals surface area contributed by atoms with Crippen molar-refractivity contribution in [2.75, 3.05) is 13.2 Å². The standard InChI is InChI=1S/C21H28N2O6/c1-13-11-15(26)17(19(28)22(13)7-9-24)21(5-3-4-6-21)18-16(27)12-14(2)23(8-10-25)20(18)29/h11-12,24-27H,3-10H2,1-2H3. The topological polar surface area (TPSA) is 125 Å². The fraction of sp³-hybridized carbons (Fsp3) is 0.524. The van der Waals surface area contributed by atoms with E-state index < -0.39 is 16.5 Å². The van der Waals surface area contributed by atoms with Crippen molar-refractivity contribution in [1.82, 2.24) is 9.13 Å². The minimum atomic E-state index is -1.13. The van der Waals surface area contributed by atoms with E-state index in [1.54, 1.807) is 13.8 Å². The van der Waals surface area contributed by atoms with Gasteiger partial charge in [-0.05, 0) is 38.8 Å². The van der Waals surface area contributed by atoms with Gasteiger partial charge in [0, 0.05) is 29.9 Å². The van der Waals surface area contributed by atoms with Crippen LogP contribution < -0.4 is 11.1 Å². The van der Waals surface area contributed by atoms with E-state index in [2.05, 4.69) is 0 Å². The molecule has 0 radical (unpaired) electrons. The van der Waals surface area contributed by atoms with Crippen molar-refractivity contribution in [2.45, 2.75) is 58.0 Å². The lowest BCUT2D eigenvalue weighted by Gasteiger charge is -2.31. The predicted octanol–water partition coefficient (Wildman–Crippen LogP) is 0.883. The summed E-state index contributed by atoms with van der Waals surface area (Å²) in [6.45, 7) is 3.00. The highest BCUT2D eigenvalue weighted by Crippen LogP contribution is 2.49.